The zero-order valence-corrected chi connectivity index (χ0v) is 12.0. The van der Waals surface area contributed by atoms with E-state index in [0.717, 1.165) is 12.1 Å². The number of anilines is 1. The van der Waals surface area contributed by atoms with Gasteiger partial charge in [-0.25, -0.2) is 0 Å². The van der Waals surface area contributed by atoms with Crippen molar-refractivity contribution in [2.24, 2.45) is 0 Å². The van der Waals surface area contributed by atoms with Crippen LogP contribution in [0.4, 0.5) is 5.69 Å². The van der Waals surface area contributed by atoms with E-state index in [1.54, 1.807) is 23.0 Å². The Morgan fingerprint density at radius 2 is 2.19 bits per heavy atom. The first-order valence-corrected chi connectivity index (χ1v) is 6.83. The highest BCUT2D eigenvalue weighted by Crippen LogP contribution is 2.19. The van der Waals surface area contributed by atoms with Crippen LogP contribution in [0.25, 0.3) is 0 Å². The molecule has 0 saturated heterocycles. The van der Waals surface area contributed by atoms with Crippen molar-refractivity contribution in [3.63, 3.8) is 0 Å². The molecule has 1 aromatic heterocycles. The minimum Gasteiger partial charge on any atom is -0.491 e. The number of rotatable bonds is 7. The normalized spacial score (nSPS) is 10.3. The van der Waals surface area contributed by atoms with Crippen molar-refractivity contribution >= 4 is 11.7 Å². The van der Waals surface area contributed by atoms with Crippen LogP contribution in [-0.4, -0.2) is 22.4 Å². The summed E-state index contributed by atoms with van der Waals surface area (Å²) in [4.78, 5) is 11.6. The van der Waals surface area contributed by atoms with Crippen molar-refractivity contribution in [3.05, 3.63) is 42.2 Å². The van der Waals surface area contributed by atoms with Crippen LogP contribution in [0.1, 0.15) is 18.9 Å². The molecule has 2 N–H and O–H groups in total. The molecule has 0 spiro atoms. The van der Waals surface area contributed by atoms with Gasteiger partial charge in [0, 0.05) is 18.3 Å². The van der Waals surface area contributed by atoms with Crippen LogP contribution in [0.3, 0.4) is 0 Å². The van der Waals surface area contributed by atoms with Gasteiger partial charge in [-0.05, 0) is 19.1 Å². The first-order valence-electron chi connectivity index (χ1n) is 6.83. The van der Waals surface area contributed by atoms with Gasteiger partial charge in [0.15, 0.2) is 0 Å². The summed E-state index contributed by atoms with van der Waals surface area (Å²) in [5.41, 5.74) is 7.16. The van der Waals surface area contributed by atoms with Gasteiger partial charge < -0.3 is 15.2 Å². The van der Waals surface area contributed by atoms with E-state index < -0.39 is 0 Å². The SMILES string of the molecule is CCn1cc(COC(=O)CCOc2ccccc2N)cn1. The van der Waals surface area contributed by atoms with Crippen molar-refractivity contribution in [3.8, 4) is 5.75 Å². The Labute approximate surface area is 123 Å². The summed E-state index contributed by atoms with van der Waals surface area (Å²) >= 11 is 0. The molecule has 0 unspecified atom stereocenters. The van der Waals surface area contributed by atoms with Crippen molar-refractivity contribution in [1.82, 2.24) is 9.78 Å². The van der Waals surface area contributed by atoms with Gasteiger partial charge in [-0.2, -0.15) is 5.10 Å². The van der Waals surface area contributed by atoms with E-state index in [9.17, 15) is 4.79 Å². The first-order chi connectivity index (χ1) is 10.2. The molecule has 1 heterocycles. The summed E-state index contributed by atoms with van der Waals surface area (Å²) in [7, 11) is 0. The second-order valence-corrected chi connectivity index (χ2v) is 4.50. The third-order valence-corrected chi connectivity index (χ3v) is 2.89. The highest BCUT2D eigenvalue weighted by Gasteiger charge is 2.06. The molecule has 21 heavy (non-hydrogen) atoms. The lowest BCUT2D eigenvalue weighted by atomic mass is 10.3. The number of para-hydroxylation sites is 2. The molecule has 0 aliphatic rings. The maximum atomic E-state index is 11.6. The molecular formula is C15H19N3O3. The van der Waals surface area contributed by atoms with Gasteiger partial charge in [0.1, 0.15) is 12.4 Å². The van der Waals surface area contributed by atoms with Gasteiger partial charge in [-0.15, -0.1) is 0 Å². The Balaban J connectivity index is 1.69. The van der Waals surface area contributed by atoms with E-state index in [-0.39, 0.29) is 25.6 Å². The Morgan fingerprint density at radius 1 is 1.38 bits per heavy atom. The van der Waals surface area contributed by atoms with Gasteiger partial charge in [-0.3, -0.25) is 9.48 Å². The molecule has 2 rings (SSSR count). The number of aromatic nitrogens is 2. The number of aryl methyl sites for hydroxylation is 1. The summed E-state index contributed by atoms with van der Waals surface area (Å²) in [6, 6.07) is 7.17. The number of benzene rings is 1. The minimum atomic E-state index is -0.311. The second-order valence-electron chi connectivity index (χ2n) is 4.50. The topological polar surface area (TPSA) is 79.4 Å². The van der Waals surface area contributed by atoms with E-state index in [1.165, 1.54) is 0 Å². The third kappa shape index (κ3) is 4.52. The smallest absolute Gasteiger partial charge is 0.309 e. The van der Waals surface area contributed by atoms with Crippen molar-refractivity contribution in [2.45, 2.75) is 26.5 Å². The van der Waals surface area contributed by atoms with E-state index in [0.29, 0.717) is 11.4 Å². The predicted octanol–water partition coefficient (Wildman–Crippen LogP) is 2.00. The number of nitrogens with zero attached hydrogens (tertiary/aromatic N) is 2. The van der Waals surface area contributed by atoms with E-state index in [1.807, 2.05) is 25.3 Å². The van der Waals surface area contributed by atoms with Crippen LogP contribution in [0.15, 0.2) is 36.7 Å². The molecular weight excluding hydrogens is 270 g/mol. The van der Waals surface area contributed by atoms with Gasteiger partial charge in [-0.1, -0.05) is 12.1 Å². The first kappa shape index (κ1) is 14.9. The van der Waals surface area contributed by atoms with Crippen molar-refractivity contribution < 1.29 is 14.3 Å². The number of nitrogens with two attached hydrogens (primary N) is 1. The van der Waals surface area contributed by atoms with Crippen LogP contribution < -0.4 is 10.5 Å². The predicted molar refractivity (Wildman–Crippen MR) is 78.7 cm³/mol. The Bertz CT molecular complexity index is 595. The molecule has 0 amide bonds. The number of hydrogen-bond acceptors (Lipinski definition) is 5. The zero-order chi connectivity index (χ0) is 15.1. The molecule has 6 heteroatoms. The minimum absolute atomic E-state index is 0.177. The largest absolute Gasteiger partial charge is 0.491 e. The molecule has 0 radical (unpaired) electrons. The molecule has 6 nitrogen and oxygen atoms in total. The lowest BCUT2D eigenvalue weighted by Crippen LogP contribution is -2.10. The summed E-state index contributed by atoms with van der Waals surface area (Å²) in [6.07, 6.45) is 3.72. The van der Waals surface area contributed by atoms with Gasteiger partial charge >= 0.3 is 5.97 Å². The monoisotopic (exact) mass is 289 g/mol. The van der Waals surface area contributed by atoms with Crippen molar-refractivity contribution in [2.75, 3.05) is 12.3 Å². The van der Waals surface area contributed by atoms with Gasteiger partial charge in [0.05, 0.1) is 24.9 Å². The molecule has 0 bridgehead atoms. The zero-order valence-electron chi connectivity index (χ0n) is 12.0. The number of carbonyl (C=O) groups excluding carboxylic acids is 1. The fourth-order valence-electron chi connectivity index (χ4n) is 1.75. The van der Waals surface area contributed by atoms with Crippen LogP contribution in [-0.2, 0) is 22.7 Å². The maximum absolute atomic E-state index is 11.6. The number of hydrogen-bond donors (Lipinski definition) is 1. The summed E-state index contributed by atoms with van der Waals surface area (Å²) in [5.74, 6) is 0.267. The second kappa shape index (κ2) is 7.33. The number of ether oxygens (including phenoxy) is 2. The average molecular weight is 289 g/mol. The highest BCUT2D eigenvalue weighted by atomic mass is 16.5. The molecule has 0 saturated carbocycles. The fourth-order valence-corrected chi connectivity index (χ4v) is 1.75. The van der Waals surface area contributed by atoms with E-state index in [2.05, 4.69) is 5.10 Å². The molecule has 112 valence electrons. The maximum Gasteiger partial charge on any atom is 0.309 e. The lowest BCUT2D eigenvalue weighted by Gasteiger charge is -2.08. The van der Waals surface area contributed by atoms with Gasteiger partial charge in [0.25, 0.3) is 0 Å². The Kier molecular flexibility index (Phi) is 5.20. The van der Waals surface area contributed by atoms with E-state index in [4.69, 9.17) is 15.2 Å². The number of carbonyl (C=O) groups is 1. The molecule has 0 aliphatic carbocycles. The summed E-state index contributed by atoms with van der Waals surface area (Å²) in [6.45, 7) is 3.25. The third-order valence-electron chi connectivity index (χ3n) is 2.89. The average Bonchev–Trinajstić information content (AvgIpc) is 2.95. The Morgan fingerprint density at radius 3 is 2.90 bits per heavy atom. The molecule has 2 aromatic rings. The van der Waals surface area contributed by atoms with Gasteiger partial charge in [0.2, 0.25) is 0 Å². The van der Waals surface area contributed by atoms with E-state index >= 15 is 0 Å². The fraction of sp³-hybridized carbons (Fsp3) is 0.333. The molecule has 1 aromatic carbocycles. The Hall–Kier alpha value is -2.50. The van der Waals surface area contributed by atoms with Crippen molar-refractivity contribution in [1.29, 1.82) is 0 Å². The summed E-state index contributed by atoms with van der Waals surface area (Å²) < 4.78 is 12.4. The molecule has 0 aliphatic heterocycles. The number of nitrogen functional groups attached to an aromatic ring is 1. The molecule has 0 fully saturated rings. The van der Waals surface area contributed by atoms with Crippen LogP contribution in [0.5, 0.6) is 5.75 Å². The lowest BCUT2D eigenvalue weighted by molar-refractivity contribution is -0.145. The summed E-state index contributed by atoms with van der Waals surface area (Å²) in [5, 5.41) is 4.11. The van der Waals surface area contributed by atoms with Crippen LogP contribution >= 0.6 is 0 Å². The standard InChI is InChI=1S/C15H19N3O3/c1-2-18-10-12(9-17-18)11-21-15(19)7-8-20-14-6-4-3-5-13(14)16/h3-6,9-10H,2,7-8,11,16H2,1H3. The van der Waals surface area contributed by atoms with Crippen LogP contribution in [0, 0.1) is 0 Å². The molecule has 0 atom stereocenters. The van der Waals surface area contributed by atoms with Crippen LogP contribution in [0.2, 0.25) is 0 Å². The highest BCUT2D eigenvalue weighted by molar-refractivity contribution is 5.69. The quantitative estimate of drug-likeness (QED) is 0.623. The number of esters is 1.